The molecule has 0 N–H and O–H groups in total. The molecule has 0 aromatic heterocycles. The molecule has 2 heterocycles. The molecule has 2 unspecified atom stereocenters. The van der Waals surface area contributed by atoms with Gasteiger partial charge in [0.15, 0.2) is 5.69 Å². The van der Waals surface area contributed by atoms with Gasteiger partial charge in [-0.2, -0.15) is 0 Å². The minimum atomic E-state index is -0.364. The Morgan fingerprint density at radius 1 is 0.596 bits per heavy atom. The molecule has 5 aromatic rings. The highest BCUT2D eigenvalue weighted by atomic mass is 16.2. The number of aryl methyl sites for hydroxylation is 1. The summed E-state index contributed by atoms with van der Waals surface area (Å²) in [6.07, 6.45) is 7.52. The van der Waals surface area contributed by atoms with Crippen LogP contribution in [0, 0.1) is 13.5 Å². The van der Waals surface area contributed by atoms with E-state index < -0.39 is 0 Å². The van der Waals surface area contributed by atoms with Gasteiger partial charge >= 0.3 is 0 Å². The number of imide groups is 2. The molecule has 5 aromatic carbocycles. The number of carbonyl (C=O) groups is 4. The number of benzene rings is 5. The zero-order valence-corrected chi connectivity index (χ0v) is 27.8. The highest BCUT2D eigenvalue weighted by molar-refractivity contribution is 6.43. The van der Waals surface area contributed by atoms with Crippen LogP contribution in [0.5, 0.6) is 0 Å². The molecule has 0 saturated carbocycles. The van der Waals surface area contributed by atoms with Crippen molar-refractivity contribution in [1.29, 1.82) is 0 Å². The first-order valence-corrected chi connectivity index (χ1v) is 17.0. The minimum absolute atomic E-state index is 0.230. The van der Waals surface area contributed by atoms with E-state index in [0.717, 1.165) is 78.5 Å². The number of fused-ring (bicyclic) bond motifs is 2. The Morgan fingerprint density at radius 2 is 1.04 bits per heavy atom. The summed E-state index contributed by atoms with van der Waals surface area (Å²) >= 11 is 0. The minimum Gasteiger partial charge on any atom is -0.272 e. The Labute approximate surface area is 274 Å². The number of unbranched alkanes of at least 4 members (excludes halogenated alkanes) is 4. The van der Waals surface area contributed by atoms with Crippen molar-refractivity contribution in [2.75, 3.05) is 0 Å². The average Bonchev–Trinajstić information content (AvgIpc) is 3.06. The Balaban J connectivity index is 1.50. The van der Waals surface area contributed by atoms with E-state index >= 15 is 0 Å². The second-order valence-corrected chi connectivity index (χ2v) is 13.5. The normalized spacial score (nSPS) is 15.9. The van der Waals surface area contributed by atoms with Crippen LogP contribution in [0.25, 0.3) is 47.9 Å². The molecule has 7 nitrogen and oxygen atoms in total. The maximum atomic E-state index is 14.1. The lowest BCUT2D eigenvalue weighted by Gasteiger charge is -2.34. The van der Waals surface area contributed by atoms with E-state index in [1.54, 1.807) is 18.2 Å². The maximum absolute atomic E-state index is 14.1. The van der Waals surface area contributed by atoms with Crippen LogP contribution in [0.3, 0.4) is 0 Å². The van der Waals surface area contributed by atoms with Crippen molar-refractivity contribution in [2.24, 2.45) is 0 Å². The van der Waals surface area contributed by atoms with Gasteiger partial charge < -0.3 is 0 Å². The Kier molecular flexibility index (Phi) is 7.50. The van der Waals surface area contributed by atoms with Gasteiger partial charge in [0.1, 0.15) is 0 Å². The molecular formula is C40H39N3O4. The standard InChI is InChI=1S/C40H39N3O4/c1-7-9-11-13-22(4)42-37(44)26-18-16-25-34-30(41-6)20-29-33-27(38(45)43(40(29)47)23(5)14-12-10-8-2)17-15-24(36(33)34)31-21(3)19-28(39(42)46)32(26)35(25)31/h15-20,22-23H,7-14H2,1-5H3. The molecular weight excluding hydrogens is 586 g/mol. The molecule has 0 fully saturated rings. The van der Waals surface area contributed by atoms with E-state index in [2.05, 4.69) is 18.7 Å². The van der Waals surface area contributed by atoms with Crippen LogP contribution in [0.15, 0.2) is 36.4 Å². The topological polar surface area (TPSA) is 79.1 Å². The molecule has 2 atom stereocenters. The fraction of sp³-hybridized carbons (Fsp3) is 0.375. The highest BCUT2D eigenvalue weighted by Crippen LogP contribution is 2.50. The van der Waals surface area contributed by atoms with Crippen LogP contribution in [0.1, 0.15) is 126 Å². The van der Waals surface area contributed by atoms with Gasteiger partial charge in [-0.25, -0.2) is 4.85 Å². The van der Waals surface area contributed by atoms with Crippen molar-refractivity contribution < 1.29 is 19.2 Å². The van der Waals surface area contributed by atoms with Crippen LogP contribution < -0.4 is 0 Å². The summed E-state index contributed by atoms with van der Waals surface area (Å²) in [5.74, 6) is -1.25. The van der Waals surface area contributed by atoms with Gasteiger partial charge in [-0.1, -0.05) is 64.5 Å². The highest BCUT2D eigenvalue weighted by Gasteiger charge is 2.40. The van der Waals surface area contributed by atoms with E-state index in [1.165, 1.54) is 9.80 Å². The second kappa shape index (κ2) is 11.5. The zero-order valence-electron chi connectivity index (χ0n) is 27.8. The van der Waals surface area contributed by atoms with Gasteiger partial charge in [0.25, 0.3) is 23.6 Å². The van der Waals surface area contributed by atoms with Gasteiger partial charge in [0, 0.05) is 45.1 Å². The molecule has 0 spiro atoms. The molecule has 47 heavy (non-hydrogen) atoms. The molecule has 7 heteroatoms. The first-order chi connectivity index (χ1) is 22.7. The molecule has 2 aliphatic rings. The number of hydrogen-bond donors (Lipinski definition) is 0. The van der Waals surface area contributed by atoms with Crippen molar-refractivity contribution >= 4 is 72.4 Å². The number of rotatable bonds is 10. The smallest absolute Gasteiger partial charge is 0.261 e. The Bertz CT molecular complexity index is 2230. The summed E-state index contributed by atoms with van der Waals surface area (Å²) in [7, 11) is 0. The third-order valence-corrected chi connectivity index (χ3v) is 10.5. The van der Waals surface area contributed by atoms with E-state index in [4.69, 9.17) is 6.57 Å². The van der Waals surface area contributed by atoms with Crippen molar-refractivity contribution in [3.8, 4) is 0 Å². The summed E-state index contributed by atoms with van der Waals surface area (Å²) in [5, 5.41) is 5.74. The number of carbonyl (C=O) groups excluding carboxylic acids is 4. The van der Waals surface area contributed by atoms with Crippen molar-refractivity contribution in [1.82, 2.24) is 9.80 Å². The quantitative estimate of drug-likeness (QED) is 0.0509. The Hall–Kier alpha value is -4.83. The third kappa shape index (κ3) is 4.30. The molecule has 238 valence electrons. The molecule has 0 bridgehead atoms. The van der Waals surface area contributed by atoms with Crippen LogP contribution >= 0.6 is 0 Å². The third-order valence-electron chi connectivity index (χ3n) is 10.5. The molecule has 7 rings (SSSR count). The van der Waals surface area contributed by atoms with Crippen LogP contribution in [0.2, 0.25) is 0 Å². The number of amides is 4. The predicted molar refractivity (Wildman–Crippen MR) is 187 cm³/mol. The number of hydrogen-bond acceptors (Lipinski definition) is 4. The van der Waals surface area contributed by atoms with Crippen molar-refractivity contribution in [3.63, 3.8) is 0 Å². The van der Waals surface area contributed by atoms with Crippen molar-refractivity contribution in [3.05, 3.63) is 75.6 Å². The van der Waals surface area contributed by atoms with Gasteiger partial charge in [-0.15, -0.1) is 0 Å². The molecule has 0 aliphatic carbocycles. The summed E-state index contributed by atoms with van der Waals surface area (Å²) in [6, 6.07) is 10.4. The summed E-state index contributed by atoms with van der Waals surface area (Å²) in [5.41, 5.74) is 3.00. The van der Waals surface area contributed by atoms with Crippen molar-refractivity contribution in [2.45, 2.75) is 98.1 Å². The number of nitrogens with zero attached hydrogens (tertiary/aromatic N) is 3. The summed E-state index contributed by atoms with van der Waals surface area (Å²) in [6.45, 7) is 18.3. The van der Waals surface area contributed by atoms with Crippen LogP contribution in [0.4, 0.5) is 5.69 Å². The monoisotopic (exact) mass is 625 g/mol. The largest absolute Gasteiger partial charge is 0.272 e. The SMILES string of the molecule is [C-]#[N+]c1cc2c3c(ccc4c5c(C)cc6c7c(ccc(c1c34)c75)C(=O)N(C(C)CCCCC)C6=O)C(=O)N(C(C)CCCCC)C2=O. The molecule has 2 aliphatic heterocycles. The van der Waals surface area contributed by atoms with Gasteiger partial charge in [-0.05, 0) is 95.8 Å². The van der Waals surface area contributed by atoms with Crippen LogP contribution in [-0.4, -0.2) is 45.5 Å². The lowest BCUT2D eigenvalue weighted by Crippen LogP contribution is -2.46. The fourth-order valence-corrected chi connectivity index (χ4v) is 8.21. The molecule has 4 amide bonds. The zero-order chi connectivity index (χ0) is 33.3. The van der Waals surface area contributed by atoms with Crippen LogP contribution in [-0.2, 0) is 0 Å². The first kappa shape index (κ1) is 30.8. The van der Waals surface area contributed by atoms with Gasteiger partial charge in [0.05, 0.1) is 6.57 Å². The summed E-state index contributed by atoms with van der Waals surface area (Å²) in [4.78, 5) is 62.9. The van der Waals surface area contributed by atoms with Gasteiger partial charge in [-0.3, -0.25) is 29.0 Å². The fourth-order valence-electron chi connectivity index (χ4n) is 8.21. The predicted octanol–water partition coefficient (Wildman–Crippen LogP) is 9.73. The second-order valence-electron chi connectivity index (χ2n) is 13.5. The first-order valence-electron chi connectivity index (χ1n) is 17.0. The Morgan fingerprint density at radius 3 is 1.53 bits per heavy atom. The van der Waals surface area contributed by atoms with E-state index in [1.807, 2.05) is 39.0 Å². The summed E-state index contributed by atoms with van der Waals surface area (Å²) < 4.78 is 0. The molecule has 0 radical (unpaired) electrons. The van der Waals surface area contributed by atoms with Gasteiger partial charge in [0.2, 0.25) is 0 Å². The molecule has 0 saturated heterocycles. The lowest BCUT2D eigenvalue weighted by molar-refractivity contribution is 0.0526. The lowest BCUT2D eigenvalue weighted by atomic mass is 9.80. The van der Waals surface area contributed by atoms with E-state index in [-0.39, 0.29) is 35.7 Å². The maximum Gasteiger partial charge on any atom is 0.261 e. The average molecular weight is 626 g/mol. The van der Waals surface area contributed by atoms with E-state index in [0.29, 0.717) is 49.5 Å². The van der Waals surface area contributed by atoms with E-state index in [9.17, 15) is 19.2 Å².